The number of alkyl halides is 3. The topological polar surface area (TPSA) is 33.6 Å². The highest BCUT2D eigenvalue weighted by atomic mass is 19.4. The maximum atomic E-state index is 12.4. The van der Waals surface area contributed by atoms with Gasteiger partial charge in [-0.05, 0) is 61.0 Å². The van der Waals surface area contributed by atoms with Gasteiger partial charge < -0.3 is 4.74 Å². The lowest BCUT2D eigenvalue weighted by Gasteiger charge is -2.07. The Bertz CT molecular complexity index is 619. The summed E-state index contributed by atoms with van der Waals surface area (Å²) >= 11 is 0. The van der Waals surface area contributed by atoms with Gasteiger partial charge in [-0.15, -0.1) is 0 Å². The first-order valence-electron chi connectivity index (χ1n) is 6.68. The molecule has 0 aliphatic carbocycles. The average molecular weight is 308 g/mol. The number of hydrogen-bond donors (Lipinski definition) is 1. The Morgan fingerprint density at radius 2 is 1.68 bits per heavy atom. The van der Waals surface area contributed by atoms with Crippen LogP contribution in [0.15, 0.2) is 53.6 Å². The lowest BCUT2D eigenvalue weighted by molar-refractivity contribution is -0.137. The second-order valence-electron chi connectivity index (χ2n) is 4.45. The van der Waals surface area contributed by atoms with Crippen molar-refractivity contribution in [2.24, 2.45) is 5.10 Å². The molecule has 0 spiro atoms. The zero-order valence-corrected chi connectivity index (χ0v) is 11.9. The van der Waals surface area contributed by atoms with Gasteiger partial charge >= 0.3 is 6.18 Å². The third kappa shape index (κ3) is 4.51. The van der Waals surface area contributed by atoms with E-state index in [0.717, 1.165) is 23.4 Å². The number of benzene rings is 2. The molecule has 2 aromatic rings. The van der Waals surface area contributed by atoms with Gasteiger partial charge in [-0.3, -0.25) is 5.43 Å². The van der Waals surface area contributed by atoms with Crippen LogP contribution in [-0.4, -0.2) is 12.8 Å². The summed E-state index contributed by atoms with van der Waals surface area (Å²) in [5, 5.41) is 3.98. The van der Waals surface area contributed by atoms with E-state index in [9.17, 15) is 13.2 Å². The molecule has 2 aromatic carbocycles. The molecular formula is C16H15F3N2O. The average Bonchev–Trinajstić information content (AvgIpc) is 2.49. The Labute approximate surface area is 126 Å². The molecule has 0 amide bonds. The number of rotatable bonds is 5. The normalized spacial score (nSPS) is 11.6. The lowest BCUT2D eigenvalue weighted by Crippen LogP contribution is -2.04. The van der Waals surface area contributed by atoms with E-state index in [-0.39, 0.29) is 0 Å². The van der Waals surface area contributed by atoms with Crippen LogP contribution in [0, 0.1) is 0 Å². The molecule has 0 radical (unpaired) electrons. The quantitative estimate of drug-likeness (QED) is 0.649. The molecule has 22 heavy (non-hydrogen) atoms. The number of ether oxygens (including phenoxy) is 1. The first-order chi connectivity index (χ1) is 10.5. The van der Waals surface area contributed by atoms with Crippen molar-refractivity contribution in [2.75, 3.05) is 12.0 Å². The van der Waals surface area contributed by atoms with E-state index in [2.05, 4.69) is 10.5 Å². The van der Waals surface area contributed by atoms with E-state index < -0.39 is 11.7 Å². The summed E-state index contributed by atoms with van der Waals surface area (Å²) in [6.07, 6.45) is -2.75. The van der Waals surface area contributed by atoms with Gasteiger partial charge in [0.25, 0.3) is 0 Å². The van der Waals surface area contributed by atoms with Crippen molar-refractivity contribution in [3.63, 3.8) is 0 Å². The minimum atomic E-state index is -4.33. The molecule has 0 aromatic heterocycles. The zero-order valence-electron chi connectivity index (χ0n) is 11.9. The molecule has 0 fully saturated rings. The second kappa shape index (κ2) is 6.98. The molecule has 0 unspecified atom stereocenters. The Balaban J connectivity index is 1.94. The van der Waals surface area contributed by atoms with Gasteiger partial charge in [0.2, 0.25) is 0 Å². The van der Waals surface area contributed by atoms with Crippen molar-refractivity contribution in [3.8, 4) is 5.75 Å². The maximum Gasteiger partial charge on any atom is 0.416 e. The molecule has 2 rings (SSSR count). The molecule has 0 saturated carbocycles. The Kier molecular flexibility index (Phi) is 5.04. The fourth-order valence-corrected chi connectivity index (χ4v) is 1.73. The highest BCUT2D eigenvalue weighted by Crippen LogP contribution is 2.29. The van der Waals surface area contributed by atoms with Crippen molar-refractivity contribution >= 4 is 11.9 Å². The van der Waals surface area contributed by atoms with Crippen LogP contribution < -0.4 is 10.2 Å². The molecular weight excluding hydrogens is 293 g/mol. The second-order valence-corrected chi connectivity index (χ2v) is 4.45. The van der Waals surface area contributed by atoms with Gasteiger partial charge in [0.05, 0.1) is 24.1 Å². The molecule has 116 valence electrons. The van der Waals surface area contributed by atoms with E-state index in [1.807, 2.05) is 31.2 Å². The third-order valence-corrected chi connectivity index (χ3v) is 2.81. The number of nitrogens with zero attached hydrogens (tertiary/aromatic N) is 1. The number of anilines is 1. The number of halogens is 3. The molecule has 3 nitrogen and oxygen atoms in total. The summed E-state index contributed by atoms with van der Waals surface area (Å²) in [5.41, 5.74) is 3.33. The van der Waals surface area contributed by atoms with Gasteiger partial charge in [0.1, 0.15) is 5.75 Å². The fourth-order valence-electron chi connectivity index (χ4n) is 1.73. The molecule has 0 saturated heterocycles. The molecule has 0 aliphatic heterocycles. The van der Waals surface area contributed by atoms with E-state index in [4.69, 9.17) is 4.74 Å². The van der Waals surface area contributed by atoms with Crippen molar-refractivity contribution < 1.29 is 17.9 Å². The maximum absolute atomic E-state index is 12.4. The Morgan fingerprint density at radius 3 is 2.23 bits per heavy atom. The van der Waals surface area contributed by atoms with E-state index in [1.54, 1.807) is 6.21 Å². The van der Waals surface area contributed by atoms with Crippen LogP contribution in [0.5, 0.6) is 5.75 Å². The highest BCUT2D eigenvalue weighted by molar-refractivity contribution is 5.80. The molecule has 1 N–H and O–H groups in total. The molecule has 0 aliphatic rings. The van der Waals surface area contributed by atoms with E-state index in [1.165, 1.54) is 12.1 Å². The Morgan fingerprint density at radius 1 is 1.05 bits per heavy atom. The van der Waals surface area contributed by atoms with Gasteiger partial charge in [-0.2, -0.15) is 18.3 Å². The van der Waals surface area contributed by atoms with Crippen molar-refractivity contribution in [1.82, 2.24) is 0 Å². The van der Waals surface area contributed by atoms with Crippen LogP contribution in [0.25, 0.3) is 0 Å². The monoisotopic (exact) mass is 308 g/mol. The van der Waals surface area contributed by atoms with Crippen molar-refractivity contribution in [3.05, 3.63) is 59.7 Å². The van der Waals surface area contributed by atoms with Gasteiger partial charge in [0.15, 0.2) is 0 Å². The smallest absolute Gasteiger partial charge is 0.416 e. The lowest BCUT2D eigenvalue weighted by atomic mass is 10.2. The van der Waals surface area contributed by atoms with Crippen molar-refractivity contribution in [2.45, 2.75) is 13.1 Å². The van der Waals surface area contributed by atoms with Crippen LogP contribution in [0.1, 0.15) is 18.1 Å². The van der Waals surface area contributed by atoms with Crippen LogP contribution in [0.4, 0.5) is 18.9 Å². The Hall–Kier alpha value is -2.50. The van der Waals surface area contributed by atoms with E-state index in [0.29, 0.717) is 12.3 Å². The molecule has 0 atom stereocenters. The largest absolute Gasteiger partial charge is 0.494 e. The number of hydrogen-bond acceptors (Lipinski definition) is 3. The molecule has 0 bridgehead atoms. The van der Waals surface area contributed by atoms with Gasteiger partial charge in [0, 0.05) is 0 Å². The van der Waals surface area contributed by atoms with Crippen LogP contribution in [0.2, 0.25) is 0 Å². The SMILES string of the molecule is CCOc1ccc(C=NNc2ccc(C(F)(F)F)cc2)cc1. The van der Waals surface area contributed by atoms with Crippen molar-refractivity contribution in [1.29, 1.82) is 0 Å². The van der Waals surface area contributed by atoms with E-state index >= 15 is 0 Å². The predicted octanol–water partition coefficient (Wildman–Crippen LogP) is 4.55. The minimum Gasteiger partial charge on any atom is -0.494 e. The zero-order chi connectivity index (χ0) is 16.0. The van der Waals surface area contributed by atoms with Gasteiger partial charge in [-0.1, -0.05) is 0 Å². The fraction of sp³-hybridized carbons (Fsp3) is 0.188. The minimum absolute atomic E-state index is 0.482. The first kappa shape index (κ1) is 15.9. The van der Waals surface area contributed by atoms with Crippen LogP contribution >= 0.6 is 0 Å². The summed E-state index contributed by atoms with van der Waals surface area (Å²) < 4.78 is 42.6. The van der Waals surface area contributed by atoms with Gasteiger partial charge in [-0.25, -0.2) is 0 Å². The third-order valence-electron chi connectivity index (χ3n) is 2.81. The van der Waals surface area contributed by atoms with Crippen LogP contribution in [-0.2, 0) is 6.18 Å². The first-order valence-corrected chi connectivity index (χ1v) is 6.68. The van der Waals surface area contributed by atoms with Crippen LogP contribution in [0.3, 0.4) is 0 Å². The number of hydrazone groups is 1. The number of nitrogens with one attached hydrogen (secondary N) is 1. The summed E-state index contributed by atoms with van der Waals surface area (Å²) in [6.45, 7) is 2.51. The highest BCUT2D eigenvalue weighted by Gasteiger charge is 2.29. The summed E-state index contributed by atoms with van der Waals surface area (Å²) in [4.78, 5) is 0. The summed E-state index contributed by atoms with van der Waals surface area (Å²) in [7, 11) is 0. The molecule has 0 heterocycles. The summed E-state index contributed by atoms with van der Waals surface area (Å²) in [6, 6.07) is 12.0. The molecule has 6 heteroatoms. The predicted molar refractivity (Wildman–Crippen MR) is 80.3 cm³/mol. The standard InChI is InChI=1S/C16H15F3N2O/c1-2-22-15-9-3-12(4-10-15)11-20-21-14-7-5-13(6-8-14)16(17,18)19/h3-11,21H,2H2,1H3. The summed E-state index contributed by atoms with van der Waals surface area (Å²) in [5.74, 6) is 0.773.